The van der Waals surface area contributed by atoms with Gasteiger partial charge in [0.15, 0.2) is 0 Å². The van der Waals surface area contributed by atoms with Crippen molar-refractivity contribution in [1.82, 2.24) is 4.90 Å². The van der Waals surface area contributed by atoms with Crippen LogP contribution in [-0.4, -0.2) is 24.1 Å². The van der Waals surface area contributed by atoms with E-state index in [0.717, 1.165) is 25.1 Å². The molecule has 126 valence electrons. The normalized spacial score (nSPS) is 16.9. The second kappa shape index (κ2) is 7.39. The molecule has 0 radical (unpaired) electrons. The molecule has 0 aliphatic carbocycles. The van der Waals surface area contributed by atoms with Crippen LogP contribution in [-0.2, 0) is 0 Å². The van der Waals surface area contributed by atoms with Crippen LogP contribution in [0, 0.1) is 6.92 Å². The Labute approximate surface area is 143 Å². The Morgan fingerprint density at radius 2 is 1.96 bits per heavy atom. The van der Waals surface area contributed by atoms with Crippen LogP contribution in [0.4, 0.5) is 10.5 Å². The van der Waals surface area contributed by atoms with E-state index in [0.29, 0.717) is 12.4 Å². The highest BCUT2D eigenvalue weighted by Gasteiger charge is 2.30. The van der Waals surface area contributed by atoms with Crippen molar-refractivity contribution in [2.24, 2.45) is 0 Å². The number of urea groups is 1. The van der Waals surface area contributed by atoms with Gasteiger partial charge in [-0.3, -0.25) is 0 Å². The van der Waals surface area contributed by atoms with Crippen molar-refractivity contribution in [3.05, 3.63) is 59.7 Å². The van der Waals surface area contributed by atoms with Crippen LogP contribution in [0.15, 0.2) is 48.5 Å². The number of nitrogens with zero attached hydrogens (tertiary/aromatic N) is 1. The number of rotatable bonds is 4. The Kier molecular flexibility index (Phi) is 5.04. The first-order valence-corrected chi connectivity index (χ1v) is 8.55. The second-order valence-electron chi connectivity index (χ2n) is 6.12. The molecule has 2 amide bonds. The molecule has 4 heteroatoms. The quantitative estimate of drug-likeness (QED) is 0.880. The molecule has 3 rings (SSSR count). The van der Waals surface area contributed by atoms with Crippen molar-refractivity contribution in [1.29, 1.82) is 0 Å². The van der Waals surface area contributed by atoms with E-state index in [1.54, 1.807) is 0 Å². The number of para-hydroxylation sites is 2. The van der Waals surface area contributed by atoms with Crippen LogP contribution in [0.1, 0.15) is 36.9 Å². The van der Waals surface area contributed by atoms with E-state index in [1.807, 2.05) is 36.1 Å². The number of aryl methyl sites for hydroxylation is 1. The standard InChI is InChI=1S/C20H24N2O2/c1-3-24-19-9-5-4-7-17(19)21-20(23)22-14-6-8-18(22)16-12-10-15(2)11-13-16/h4-5,7,9-13,18H,3,6,8,14H2,1-2H3,(H,21,23). The Morgan fingerprint density at radius 1 is 1.21 bits per heavy atom. The molecule has 1 heterocycles. The fourth-order valence-electron chi connectivity index (χ4n) is 3.18. The Balaban J connectivity index is 1.75. The summed E-state index contributed by atoms with van der Waals surface area (Å²) in [6, 6.07) is 16.1. The van der Waals surface area contributed by atoms with E-state index in [4.69, 9.17) is 4.74 Å². The fraction of sp³-hybridized carbons (Fsp3) is 0.350. The average Bonchev–Trinajstić information content (AvgIpc) is 3.07. The van der Waals surface area contributed by atoms with Gasteiger partial charge in [-0.15, -0.1) is 0 Å². The monoisotopic (exact) mass is 324 g/mol. The lowest BCUT2D eigenvalue weighted by Crippen LogP contribution is -2.34. The molecule has 1 aliphatic heterocycles. The highest BCUT2D eigenvalue weighted by molar-refractivity contribution is 5.91. The number of amides is 2. The molecule has 24 heavy (non-hydrogen) atoms. The van der Waals surface area contributed by atoms with Gasteiger partial charge in [-0.2, -0.15) is 0 Å². The van der Waals surface area contributed by atoms with E-state index in [-0.39, 0.29) is 12.1 Å². The predicted molar refractivity (Wildman–Crippen MR) is 96.5 cm³/mol. The fourth-order valence-corrected chi connectivity index (χ4v) is 3.18. The second-order valence-corrected chi connectivity index (χ2v) is 6.12. The van der Waals surface area contributed by atoms with E-state index in [9.17, 15) is 4.79 Å². The molecule has 1 atom stereocenters. The van der Waals surface area contributed by atoms with Gasteiger partial charge in [0.25, 0.3) is 0 Å². The van der Waals surface area contributed by atoms with Gasteiger partial charge in [0, 0.05) is 6.54 Å². The minimum atomic E-state index is -0.0646. The maximum Gasteiger partial charge on any atom is 0.322 e. The lowest BCUT2D eigenvalue weighted by Gasteiger charge is -2.26. The van der Waals surface area contributed by atoms with Gasteiger partial charge in [0.2, 0.25) is 0 Å². The minimum absolute atomic E-state index is 0.0646. The zero-order chi connectivity index (χ0) is 16.9. The van der Waals surface area contributed by atoms with Crippen molar-refractivity contribution in [3.8, 4) is 5.75 Å². The average molecular weight is 324 g/mol. The summed E-state index contributed by atoms with van der Waals surface area (Å²) in [5.74, 6) is 0.708. The van der Waals surface area contributed by atoms with E-state index in [1.165, 1.54) is 11.1 Å². The van der Waals surface area contributed by atoms with Gasteiger partial charge < -0.3 is 15.0 Å². The predicted octanol–water partition coefficient (Wildman–Crippen LogP) is 4.76. The molecule has 2 aromatic rings. The van der Waals surface area contributed by atoms with E-state index in [2.05, 4.69) is 36.5 Å². The van der Waals surface area contributed by atoms with Gasteiger partial charge in [0.1, 0.15) is 5.75 Å². The first-order chi connectivity index (χ1) is 11.7. The maximum absolute atomic E-state index is 12.8. The molecule has 1 saturated heterocycles. The lowest BCUT2D eigenvalue weighted by atomic mass is 10.0. The summed E-state index contributed by atoms with van der Waals surface area (Å²) in [6.45, 7) is 5.36. The van der Waals surface area contributed by atoms with Gasteiger partial charge in [0.05, 0.1) is 18.3 Å². The molecule has 0 bridgehead atoms. The van der Waals surface area contributed by atoms with Crippen molar-refractivity contribution in [3.63, 3.8) is 0 Å². The van der Waals surface area contributed by atoms with Crippen LogP contribution in [0.3, 0.4) is 0 Å². The van der Waals surface area contributed by atoms with Gasteiger partial charge in [-0.05, 0) is 44.4 Å². The van der Waals surface area contributed by atoms with Crippen molar-refractivity contribution in [2.75, 3.05) is 18.5 Å². The number of anilines is 1. The first-order valence-electron chi connectivity index (χ1n) is 8.55. The number of carbonyl (C=O) groups is 1. The molecule has 0 saturated carbocycles. The van der Waals surface area contributed by atoms with Gasteiger partial charge >= 0.3 is 6.03 Å². The van der Waals surface area contributed by atoms with E-state index >= 15 is 0 Å². The maximum atomic E-state index is 12.8. The number of hydrogen-bond acceptors (Lipinski definition) is 2. The SMILES string of the molecule is CCOc1ccccc1NC(=O)N1CCCC1c1ccc(C)cc1. The molecular formula is C20H24N2O2. The molecule has 0 spiro atoms. The molecule has 1 aliphatic rings. The minimum Gasteiger partial charge on any atom is -0.492 e. The summed E-state index contributed by atoms with van der Waals surface area (Å²) in [7, 11) is 0. The van der Waals surface area contributed by atoms with Crippen molar-refractivity contribution >= 4 is 11.7 Å². The van der Waals surface area contributed by atoms with Crippen molar-refractivity contribution < 1.29 is 9.53 Å². The molecule has 1 fully saturated rings. The zero-order valence-electron chi connectivity index (χ0n) is 14.3. The van der Waals surface area contributed by atoms with Gasteiger partial charge in [-0.1, -0.05) is 42.0 Å². The Morgan fingerprint density at radius 3 is 2.71 bits per heavy atom. The van der Waals surface area contributed by atoms with Crippen LogP contribution in [0.25, 0.3) is 0 Å². The summed E-state index contributed by atoms with van der Waals surface area (Å²) in [5, 5.41) is 3.01. The molecular weight excluding hydrogens is 300 g/mol. The molecule has 0 aromatic heterocycles. The third kappa shape index (κ3) is 3.53. The Hall–Kier alpha value is -2.49. The van der Waals surface area contributed by atoms with Crippen LogP contribution >= 0.6 is 0 Å². The van der Waals surface area contributed by atoms with Crippen LogP contribution < -0.4 is 10.1 Å². The smallest absolute Gasteiger partial charge is 0.322 e. The number of likely N-dealkylation sites (tertiary alicyclic amines) is 1. The zero-order valence-corrected chi connectivity index (χ0v) is 14.3. The highest BCUT2D eigenvalue weighted by Crippen LogP contribution is 2.33. The summed E-state index contributed by atoms with van der Waals surface area (Å²) < 4.78 is 5.59. The van der Waals surface area contributed by atoms with E-state index < -0.39 is 0 Å². The number of carbonyl (C=O) groups excluding carboxylic acids is 1. The summed E-state index contributed by atoms with van der Waals surface area (Å²) in [6.07, 6.45) is 2.03. The number of ether oxygens (including phenoxy) is 1. The topological polar surface area (TPSA) is 41.6 Å². The van der Waals surface area contributed by atoms with Crippen molar-refractivity contribution in [2.45, 2.75) is 32.7 Å². The number of hydrogen-bond donors (Lipinski definition) is 1. The van der Waals surface area contributed by atoms with Gasteiger partial charge in [-0.25, -0.2) is 4.79 Å². The number of nitrogens with one attached hydrogen (secondary N) is 1. The number of benzene rings is 2. The molecule has 2 aromatic carbocycles. The Bertz CT molecular complexity index is 697. The third-order valence-electron chi connectivity index (χ3n) is 4.40. The summed E-state index contributed by atoms with van der Waals surface area (Å²) in [5.41, 5.74) is 3.16. The highest BCUT2D eigenvalue weighted by atomic mass is 16.5. The van der Waals surface area contributed by atoms with Crippen LogP contribution in [0.2, 0.25) is 0 Å². The largest absolute Gasteiger partial charge is 0.492 e. The van der Waals surface area contributed by atoms with Crippen LogP contribution in [0.5, 0.6) is 5.75 Å². The third-order valence-corrected chi connectivity index (χ3v) is 4.40. The molecule has 1 unspecified atom stereocenters. The summed E-state index contributed by atoms with van der Waals surface area (Å²) >= 11 is 0. The lowest BCUT2D eigenvalue weighted by molar-refractivity contribution is 0.207. The molecule has 4 nitrogen and oxygen atoms in total. The molecule has 1 N–H and O–H groups in total. The summed E-state index contributed by atoms with van der Waals surface area (Å²) in [4.78, 5) is 14.7. The first kappa shape index (κ1) is 16.4.